The number of carbonyl (C=O) groups is 1. The highest BCUT2D eigenvalue weighted by molar-refractivity contribution is 7.89. The number of fused-ring (bicyclic) bond motifs is 1. The van der Waals surface area contributed by atoms with Gasteiger partial charge in [0.05, 0.1) is 12.7 Å². The molecule has 0 bridgehead atoms. The summed E-state index contributed by atoms with van der Waals surface area (Å²) in [6, 6.07) is 6.72. The lowest BCUT2D eigenvalue weighted by atomic mass is 10.0. The van der Waals surface area contributed by atoms with Gasteiger partial charge in [-0.05, 0) is 51.0 Å². The number of methoxy groups -OCH3 is 1. The van der Waals surface area contributed by atoms with Crippen molar-refractivity contribution in [2.45, 2.75) is 58.9 Å². The van der Waals surface area contributed by atoms with E-state index in [-0.39, 0.29) is 28.3 Å². The molecule has 34 heavy (non-hydrogen) atoms. The number of nitrogens with one attached hydrogen (secondary N) is 1. The van der Waals surface area contributed by atoms with Crippen LogP contribution in [0, 0.1) is 13.8 Å². The van der Waals surface area contributed by atoms with Gasteiger partial charge in [-0.25, -0.2) is 17.9 Å². The lowest BCUT2D eigenvalue weighted by Gasteiger charge is -2.20. The topological polar surface area (TPSA) is 106 Å². The van der Waals surface area contributed by atoms with Crippen LogP contribution in [0.15, 0.2) is 29.2 Å². The van der Waals surface area contributed by atoms with Gasteiger partial charge in [-0.3, -0.25) is 4.79 Å². The van der Waals surface area contributed by atoms with Crippen molar-refractivity contribution in [1.29, 1.82) is 0 Å². The van der Waals surface area contributed by atoms with Crippen molar-refractivity contribution in [2.24, 2.45) is 0 Å². The molecule has 3 aromatic rings. The van der Waals surface area contributed by atoms with Crippen molar-refractivity contribution in [3.8, 4) is 16.9 Å². The van der Waals surface area contributed by atoms with Crippen LogP contribution in [0.1, 0.15) is 56.0 Å². The van der Waals surface area contributed by atoms with Crippen molar-refractivity contribution in [1.82, 2.24) is 24.2 Å². The van der Waals surface area contributed by atoms with Gasteiger partial charge in [-0.15, -0.1) is 0 Å². The fourth-order valence-corrected chi connectivity index (χ4v) is 5.52. The molecule has 0 saturated heterocycles. The number of amides is 1. The molecule has 9 nitrogen and oxygen atoms in total. The molecular weight excluding hydrogens is 454 g/mol. The van der Waals surface area contributed by atoms with Gasteiger partial charge in [0.15, 0.2) is 11.3 Å². The first-order chi connectivity index (χ1) is 16.1. The second-order valence-electron chi connectivity index (χ2n) is 8.24. The molecule has 0 fully saturated rings. The van der Waals surface area contributed by atoms with Crippen LogP contribution < -0.4 is 10.1 Å². The molecule has 0 radical (unpaired) electrons. The maximum Gasteiger partial charge on any atom is 0.272 e. The molecular formula is C24H33N5O4S. The van der Waals surface area contributed by atoms with Crippen molar-refractivity contribution in [2.75, 3.05) is 20.2 Å². The Morgan fingerprint density at radius 1 is 1.18 bits per heavy atom. The van der Waals surface area contributed by atoms with Crippen LogP contribution in [0.4, 0.5) is 0 Å². The first kappa shape index (κ1) is 25.6. The molecule has 0 aliphatic rings. The Kier molecular flexibility index (Phi) is 7.62. The normalized spacial score (nSPS) is 12.8. The van der Waals surface area contributed by atoms with Crippen molar-refractivity contribution >= 4 is 21.6 Å². The highest BCUT2D eigenvalue weighted by Crippen LogP contribution is 2.35. The lowest BCUT2D eigenvalue weighted by molar-refractivity contribution is 0.0934. The zero-order chi connectivity index (χ0) is 25.2. The molecule has 1 aromatic carbocycles. The van der Waals surface area contributed by atoms with E-state index in [4.69, 9.17) is 4.74 Å². The summed E-state index contributed by atoms with van der Waals surface area (Å²) >= 11 is 0. The minimum absolute atomic E-state index is 0.0354. The maximum atomic E-state index is 13.4. The summed E-state index contributed by atoms with van der Waals surface area (Å²) < 4.78 is 35.2. The second-order valence-corrected chi connectivity index (χ2v) is 10.1. The van der Waals surface area contributed by atoms with Gasteiger partial charge in [0.2, 0.25) is 10.0 Å². The third-order valence-electron chi connectivity index (χ3n) is 5.88. The highest BCUT2D eigenvalue weighted by Gasteiger charge is 2.29. The van der Waals surface area contributed by atoms with Crippen LogP contribution in [0.5, 0.6) is 5.75 Å². The number of carbonyl (C=O) groups excluding carboxylic acids is 1. The zero-order valence-electron chi connectivity index (χ0n) is 20.8. The molecule has 10 heteroatoms. The highest BCUT2D eigenvalue weighted by atomic mass is 32.2. The molecule has 1 amide bonds. The third-order valence-corrected chi connectivity index (χ3v) is 7.95. The van der Waals surface area contributed by atoms with Gasteiger partial charge < -0.3 is 10.1 Å². The average molecular weight is 488 g/mol. The Morgan fingerprint density at radius 2 is 1.85 bits per heavy atom. The Morgan fingerprint density at radius 3 is 2.44 bits per heavy atom. The summed E-state index contributed by atoms with van der Waals surface area (Å²) in [5, 5.41) is 7.53. The number of benzene rings is 1. The van der Waals surface area contributed by atoms with Crippen molar-refractivity contribution in [3.05, 3.63) is 41.3 Å². The molecule has 0 spiro atoms. The van der Waals surface area contributed by atoms with Crippen LogP contribution in [0.3, 0.4) is 0 Å². The fraction of sp³-hybridized carbons (Fsp3) is 0.458. The quantitative estimate of drug-likeness (QED) is 0.495. The number of nitrogens with zero attached hydrogens (tertiary/aromatic N) is 4. The molecule has 1 N–H and O–H groups in total. The number of aryl methyl sites for hydroxylation is 2. The average Bonchev–Trinajstić information content (AvgIpc) is 3.19. The van der Waals surface area contributed by atoms with Crippen LogP contribution in [-0.4, -0.2) is 59.5 Å². The van der Waals surface area contributed by atoms with E-state index < -0.39 is 10.0 Å². The van der Waals surface area contributed by atoms with E-state index >= 15 is 0 Å². The van der Waals surface area contributed by atoms with E-state index in [1.807, 2.05) is 33.8 Å². The van der Waals surface area contributed by atoms with Crippen LogP contribution in [0.2, 0.25) is 0 Å². The summed E-state index contributed by atoms with van der Waals surface area (Å²) in [4.78, 5) is 17.9. The molecule has 3 rings (SSSR count). The number of hydrogen-bond acceptors (Lipinski definition) is 6. The molecule has 0 unspecified atom stereocenters. The SMILES string of the molecule is CC[C@@H](C)NC(=O)c1nn2c(C)cc(C)nc2c1-c1ccc(OC)c(S(=O)(=O)N(CC)CC)c1. The molecule has 0 aliphatic heterocycles. The van der Waals surface area contributed by atoms with Crippen molar-refractivity contribution < 1.29 is 17.9 Å². The first-order valence-electron chi connectivity index (χ1n) is 11.4. The molecule has 2 aromatic heterocycles. The summed E-state index contributed by atoms with van der Waals surface area (Å²) in [7, 11) is -2.39. The Balaban J connectivity index is 2.33. The smallest absolute Gasteiger partial charge is 0.272 e. The Labute approximate surface area is 201 Å². The van der Waals surface area contributed by atoms with E-state index in [0.29, 0.717) is 29.9 Å². The first-order valence-corrected chi connectivity index (χ1v) is 12.9. The fourth-order valence-electron chi connectivity index (χ4n) is 3.88. The lowest BCUT2D eigenvalue weighted by Crippen LogP contribution is -2.32. The van der Waals surface area contributed by atoms with E-state index in [2.05, 4.69) is 15.4 Å². The van der Waals surface area contributed by atoms with E-state index in [1.54, 1.807) is 36.6 Å². The number of aromatic nitrogens is 3. The van der Waals surface area contributed by atoms with Crippen LogP contribution in [-0.2, 0) is 10.0 Å². The van der Waals surface area contributed by atoms with Crippen LogP contribution in [0.25, 0.3) is 16.8 Å². The van der Waals surface area contributed by atoms with Crippen molar-refractivity contribution in [3.63, 3.8) is 0 Å². The van der Waals surface area contributed by atoms with E-state index in [1.165, 1.54) is 11.4 Å². The number of hydrogen-bond donors (Lipinski definition) is 1. The molecule has 0 saturated carbocycles. The standard InChI is InChI=1S/C24H33N5O4S/c1-8-15(4)26-24(30)22-21(23-25-16(5)13-17(6)29(23)27-22)18-11-12-19(33-7)20(14-18)34(31,32)28(9-2)10-3/h11-15H,8-10H2,1-7H3,(H,26,30)/t15-/m1/s1. The summed E-state index contributed by atoms with van der Waals surface area (Å²) in [5.74, 6) is -0.103. The Bertz CT molecular complexity index is 1310. The molecule has 184 valence electrons. The van der Waals surface area contributed by atoms with Crippen LogP contribution >= 0.6 is 0 Å². The molecule has 1 atom stereocenters. The zero-order valence-corrected chi connectivity index (χ0v) is 21.7. The summed E-state index contributed by atoms with van der Waals surface area (Å²) in [6.45, 7) is 11.9. The summed E-state index contributed by atoms with van der Waals surface area (Å²) in [5.41, 5.74) is 3.26. The maximum absolute atomic E-state index is 13.4. The van der Waals surface area contributed by atoms with Gasteiger partial charge in [0.1, 0.15) is 10.6 Å². The molecule has 2 heterocycles. The third kappa shape index (κ3) is 4.65. The summed E-state index contributed by atoms with van der Waals surface area (Å²) in [6.07, 6.45) is 0.764. The predicted octanol–water partition coefficient (Wildman–Crippen LogP) is 3.58. The number of ether oxygens (including phenoxy) is 1. The number of rotatable bonds is 9. The minimum Gasteiger partial charge on any atom is -0.495 e. The van der Waals surface area contributed by atoms with Gasteiger partial charge in [0, 0.05) is 30.5 Å². The monoisotopic (exact) mass is 487 g/mol. The van der Waals surface area contributed by atoms with E-state index in [9.17, 15) is 13.2 Å². The minimum atomic E-state index is -3.82. The van der Waals surface area contributed by atoms with Gasteiger partial charge in [-0.1, -0.05) is 26.8 Å². The Hall–Kier alpha value is -2.98. The van der Waals surface area contributed by atoms with Gasteiger partial charge in [-0.2, -0.15) is 9.40 Å². The van der Waals surface area contributed by atoms with E-state index in [0.717, 1.165) is 17.8 Å². The molecule has 0 aliphatic carbocycles. The predicted molar refractivity (Wildman–Crippen MR) is 132 cm³/mol. The largest absolute Gasteiger partial charge is 0.495 e. The van der Waals surface area contributed by atoms with Gasteiger partial charge >= 0.3 is 0 Å². The second kappa shape index (κ2) is 10.1. The number of sulfonamides is 1. The van der Waals surface area contributed by atoms with Gasteiger partial charge in [0.25, 0.3) is 5.91 Å².